The van der Waals surface area contributed by atoms with Gasteiger partial charge in [0, 0.05) is 31.0 Å². The fourth-order valence-corrected chi connectivity index (χ4v) is 3.35. The molecule has 0 atom stereocenters. The summed E-state index contributed by atoms with van der Waals surface area (Å²) in [7, 11) is 2.91. The summed E-state index contributed by atoms with van der Waals surface area (Å²) < 4.78 is 7.21. The van der Waals surface area contributed by atoms with Gasteiger partial charge in [-0.25, -0.2) is 9.36 Å². The summed E-state index contributed by atoms with van der Waals surface area (Å²) in [6.07, 6.45) is 1.14. The second-order valence-electron chi connectivity index (χ2n) is 6.89. The molecule has 1 N–H and O–H groups in total. The second kappa shape index (κ2) is 8.65. The van der Waals surface area contributed by atoms with Crippen LogP contribution in [0.2, 0.25) is 0 Å². The van der Waals surface area contributed by atoms with Crippen LogP contribution in [0.1, 0.15) is 17.7 Å². The van der Waals surface area contributed by atoms with E-state index in [1.54, 1.807) is 24.3 Å². The minimum absolute atomic E-state index is 0.113. The van der Waals surface area contributed by atoms with E-state index in [1.807, 2.05) is 6.07 Å². The van der Waals surface area contributed by atoms with Crippen LogP contribution >= 0.6 is 0 Å². The van der Waals surface area contributed by atoms with Crippen molar-refractivity contribution in [2.75, 3.05) is 26.0 Å². The van der Waals surface area contributed by atoms with Gasteiger partial charge in [0.25, 0.3) is 5.56 Å². The molecule has 0 spiro atoms. The number of nitriles is 1. The summed E-state index contributed by atoms with van der Waals surface area (Å²) in [4.78, 5) is 51.0. The summed E-state index contributed by atoms with van der Waals surface area (Å²) in [6, 6.07) is 8.59. The van der Waals surface area contributed by atoms with Crippen LogP contribution in [0.3, 0.4) is 0 Å². The van der Waals surface area contributed by atoms with E-state index in [-0.39, 0.29) is 12.1 Å². The van der Waals surface area contributed by atoms with Crippen molar-refractivity contribution in [1.82, 2.24) is 14.0 Å². The fourth-order valence-electron chi connectivity index (χ4n) is 3.35. The van der Waals surface area contributed by atoms with Crippen LogP contribution in [-0.2, 0) is 29.1 Å². The zero-order valence-electron chi connectivity index (χ0n) is 16.7. The van der Waals surface area contributed by atoms with E-state index in [4.69, 9.17) is 4.74 Å². The molecular weight excluding hydrogens is 390 g/mol. The third-order valence-electron chi connectivity index (χ3n) is 4.90. The topological polar surface area (TPSA) is 126 Å². The molecule has 156 valence electrons. The Hall–Kier alpha value is -3.87. The first-order chi connectivity index (χ1) is 14.3. The van der Waals surface area contributed by atoms with Gasteiger partial charge in [-0.3, -0.25) is 19.0 Å². The van der Waals surface area contributed by atoms with Gasteiger partial charge in [-0.05, 0) is 25.0 Å². The van der Waals surface area contributed by atoms with E-state index in [0.29, 0.717) is 36.5 Å². The van der Waals surface area contributed by atoms with Gasteiger partial charge in [-0.15, -0.1) is 0 Å². The summed E-state index contributed by atoms with van der Waals surface area (Å²) in [5.41, 5.74) is -0.584. The van der Waals surface area contributed by atoms with Crippen molar-refractivity contribution in [2.24, 2.45) is 0 Å². The largest absolute Gasteiger partial charge is 0.497 e. The predicted molar refractivity (Wildman–Crippen MR) is 107 cm³/mol. The molecule has 30 heavy (non-hydrogen) atoms. The Bertz CT molecular complexity index is 1160. The standard InChI is InChI=1S/C20H21N5O5/c1-23(11-17(26)22-13-5-3-6-14(9-13)30-2)18(27)12-25-19(28)15(10-21)16-7-4-8-24(16)20(25)29/h3,5-6,9H,4,7-8,11-12H2,1-2H3,(H,22,26). The van der Waals surface area contributed by atoms with Gasteiger partial charge in [0.15, 0.2) is 0 Å². The van der Waals surface area contributed by atoms with E-state index < -0.39 is 29.6 Å². The number of hydrogen-bond acceptors (Lipinski definition) is 6. The normalized spacial score (nSPS) is 12.0. The maximum atomic E-state index is 12.6. The highest BCUT2D eigenvalue weighted by Crippen LogP contribution is 2.16. The van der Waals surface area contributed by atoms with Gasteiger partial charge in [-0.2, -0.15) is 5.26 Å². The highest BCUT2D eigenvalue weighted by molar-refractivity contribution is 5.94. The summed E-state index contributed by atoms with van der Waals surface area (Å²) in [6.45, 7) is -0.423. The summed E-state index contributed by atoms with van der Waals surface area (Å²) in [5.74, 6) is -0.478. The average Bonchev–Trinajstić information content (AvgIpc) is 3.21. The second-order valence-corrected chi connectivity index (χ2v) is 6.89. The highest BCUT2D eigenvalue weighted by atomic mass is 16.5. The van der Waals surface area contributed by atoms with Crippen LogP contribution < -0.4 is 21.3 Å². The molecule has 1 aliphatic rings. The van der Waals surface area contributed by atoms with Gasteiger partial charge < -0.3 is 15.0 Å². The third kappa shape index (κ3) is 4.10. The minimum Gasteiger partial charge on any atom is -0.497 e. The molecule has 10 heteroatoms. The molecule has 2 amide bonds. The van der Waals surface area contributed by atoms with Crippen molar-refractivity contribution in [3.63, 3.8) is 0 Å². The van der Waals surface area contributed by atoms with Gasteiger partial charge >= 0.3 is 5.69 Å². The zero-order valence-corrected chi connectivity index (χ0v) is 16.7. The molecule has 3 rings (SSSR count). The molecule has 2 aromatic rings. The number of hydrogen-bond donors (Lipinski definition) is 1. The van der Waals surface area contributed by atoms with Crippen molar-refractivity contribution >= 4 is 17.5 Å². The number of benzene rings is 1. The third-order valence-corrected chi connectivity index (χ3v) is 4.90. The van der Waals surface area contributed by atoms with Gasteiger partial charge in [0.2, 0.25) is 11.8 Å². The molecule has 2 heterocycles. The monoisotopic (exact) mass is 411 g/mol. The number of carbonyl (C=O) groups is 2. The number of aromatic nitrogens is 2. The van der Waals surface area contributed by atoms with Crippen molar-refractivity contribution in [3.8, 4) is 11.8 Å². The molecular formula is C20H21N5O5. The first-order valence-corrected chi connectivity index (χ1v) is 9.30. The summed E-state index contributed by atoms with van der Waals surface area (Å²) >= 11 is 0. The minimum atomic E-state index is -0.779. The maximum Gasteiger partial charge on any atom is 0.331 e. The Labute approximate surface area is 171 Å². The van der Waals surface area contributed by atoms with Crippen molar-refractivity contribution in [3.05, 3.63) is 56.4 Å². The SMILES string of the molecule is COc1cccc(NC(=O)CN(C)C(=O)Cn2c(=O)c(C#N)c3n(c2=O)CCC3)c1. The van der Waals surface area contributed by atoms with Crippen LogP contribution in [0, 0.1) is 11.3 Å². The number of likely N-dealkylation sites (N-methyl/N-ethyl adjacent to an activating group) is 1. The Balaban J connectivity index is 1.72. The lowest BCUT2D eigenvalue weighted by Gasteiger charge is -2.18. The Morgan fingerprint density at radius 1 is 1.33 bits per heavy atom. The van der Waals surface area contributed by atoms with Crippen molar-refractivity contribution in [1.29, 1.82) is 5.26 Å². The van der Waals surface area contributed by atoms with E-state index in [1.165, 1.54) is 18.7 Å². The molecule has 10 nitrogen and oxygen atoms in total. The van der Waals surface area contributed by atoms with E-state index in [9.17, 15) is 24.4 Å². The molecule has 1 aromatic carbocycles. The lowest BCUT2D eigenvalue weighted by atomic mass is 10.2. The van der Waals surface area contributed by atoms with Crippen LogP contribution in [0.15, 0.2) is 33.9 Å². The highest BCUT2D eigenvalue weighted by Gasteiger charge is 2.24. The number of methoxy groups -OCH3 is 1. The molecule has 1 aliphatic heterocycles. The maximum absolute atomic E-state index is 12.6. The quantitative estimate of drug-likeness (QED) is 0.709. The summed E-state index contributed by atoms with van der Waals surface area (Å²) in [5, 5.41) is 12.0. The van der Waals surface area contributed by atoms with Crippen LogP contribution in [0.25, 0.3) is 0 Å². The first kappa shape index (κ1) is 20.9. The van der Waals surface area contributed by atoms with E-state index in [2.05, 4.69) is 5.32 Å². The Morgan fingerprint density at radius 3 is 2.80 bits per heavy atom. The molecule has 0 bridgehead atoms. The lowest BCUT2D eigenvalue weighted by molar-refractivity contribution is -0.133. The fraction of sp³-hybridized carbons (Fsp3) is 0.350. The lowest BCUT2D eigenvalue weighted by Crippen LogP contribution is -2.46. The van der Waals surface area contributed by atoms with Crippen molar-refractivity contribution in [2.45, 2.75) is 25.9 Å². The molecule has 0 unspecified atom stereocenters. The van der Waals surface area contributed by atoms with Crippen molar-refractivity contribution < 1.29 is 14.3 Å². The molecule has 0 radical (unpaired) electrons. The number of fused-ring (bicyclic) bond motifs is 1. The Kier molecular flexibility index (Phi) is 6.01. The van der Waals surface area contributed by atoms with E-state index in [0.717, 1.165) is 9.47 Å². The zero-order chi connectivity index (χ0) is 21.8. The smallest absolute Gasteiger partial charge is 0.331 e. The predicted octanol–water partition coefficient (Wildman–Crippen LogP) is -0.0664. The number of nitrogens with zero attached hydrogens (tertiary/aromatic N) is 4. The van der Waals surface area contributed by atoms with Gasteiger partial charge in [0.05, 0.1) is 13.7 Å². The molecule has 0 saturated heterocycles. The number of rotatable bonds is 6. The van der Waals surface area contributed by atoms with Gasteiger partial charge in [-0.1, -0.05) is 6.07 Å². The van der Waals surface area contributed by atoms with Crippen LogP contribution in [0.4, 0.5) is 5.69 Å². The van der Waals surface area contributed by atoms with Crippen LogP contribution in [0.5, 0.6) is 5.75 Å². The number of anilines is 1. The first-order valence-electron chi connectivity index (χ1n) is 9.30. The number of carbonyl (C=O) groups excluding carboxylic acids is 2. The number of nitrogens with one attached hydrogen (secondary N) is 1. The molecule has 1 aromatic heterocycles. The van der Waals surface area contributed by atoms with E-state index >= 15 is 0 Å². The average molecular weight is 411 g/mol. The molecule has 0 saturated carbocycles. The Morgan fingerprint density at radius 2 is 2.10 bits per heavy atom. The molecule has 0 aliphatic carbocycles. The van der Waals surface area contributed by atoms with Gasteiger partial charge in [0.1, 0.15) is 23.9 Å². The number of amides is 2. The number of ether oxygens (including phenoxy) is 1. The molecule has 0 fully saturated rings. The van der Waals surface area contributed by atoms with Crippen LogP contribution in [-0.4, -0.2) is 46.6 Å².